The first kappa shape index (κ1) is 20.6. The Hall–Kier alpha value is -2.66. The van der Waals surface area contributed by atoms with Gasteiger partial charge in [0.15, 0.2) is 0 Å². The van der Waals surface area contributed by atoms with E-state index in [4.69, 9.17) is 0 Å². The fourth-order valence-electron chi connectivity index (χ4n) is 4.96. The van der Waals surface area contributed by atoms with Gasteiger partial charge in [0.25, 0.3) is 5.91 Å². The minimum Gasteiger partial charge on any atom is -0.394 e. The average molecular weight is 407 g/mol. The molecule has 0 aromatic heterocycles. The van der Waals surface area contributed by atoms with Gasteiger partial charge in [-0.25, -0.2) is 0 Å². The Morgan fingerprint density at radius 3 is 2.23 bits per heavy atom. The van der Waals surface area contributed by atoms with Gasteiger partial charge in [-0.1, -0.05) is 48.5 Å². The van der Waals surface area contributed by atoms with E-state index >= 15 is 0 Å². The van der Waals surface area contributed by atoms with Gasteiger partial charge >= 0.3 is 0 Å². The van der Waals surface area contributed by atoms with Gasteiger partial charge in [0.1, 0.15) is 0 Å². The molecule has 0 radical (unpaired) electrons. The molecule has 1 N–H and O–H groups in total. The van der Waals surface area contributed by atoms with E-state index < -0.39 is 0 Å². The van der Waals surface area contributed by atoms with Crippen LogP contribution >= 0.6 is 0 Å². The predicted molar refractivity (Wildman–Crippen MR) is 116 cm³/mol. The first-order valence-electron chi connectivity index (χ1n) is 10.9. The second kappa shape index (κ2) is 9.00. The molecule has 2 heterocycles. The predicted octanol–water partition coefficient (Wildman–Crippen LogP) is 3.14. The van der Waals surface area contributed by atoms with Crippen LogP contribution in [0.2, 0.25) is 0 Å². The van der Waals surface area contributed by atoms with Crippen LogP contribution < -0.4 is 0 Å². The number of amides is 2. The van der Waals surface area contributed by atoms with Gasteiger partial charge in [0.2, 0.25) is 5.91 Å². The van der Waals surface area contributed by atoms with Gasteiger partial charge in [-0.05, 0) is 48.8 Å². The van der Waals surface area contributed by atoms with Crippen LogP contribution in [-0.2, 0) is 11.2 Å². The number of likely N-dealkylation sites (tertiary alicyclic amines) is 2. The summed E-state index contributed by atoms with van der Waals surface area (Å²) in [5.74, 6) is 0.204. The number of hydrogen-bond donors (Lipinski definition) is 1. The zero-order chi connectivity index (χ0) is 21.0. The van der Waals surface area contributed by atoms with Gasteiger partial charge in [-0.3, -0.25) is 9.59 Å². The summed E-state index contributed by atoms with van der Waals surface area (Å²) in [6.07, 6.45) is 3.90. The SMILES string of the molecule is O=C(CCc1ccccc1)N1CCC2(CC1)CC(CO)N(C(=O)c1ccccc1)C2. The Morgan fingerprint density at radius 2 is 1.60 bits per heavy atom. The fraction of sp³-hybridized carbons (Fsp3) is 0.440. The average Bonchev–Trinajstić information content (AvgIpc) is 3.17. The number of carbonyl (C=O) groups excluding carboxylic acids is 2. The van der Waals surface area contributed by atoms with Crippen molar-refractivity contribution >= 4 is 11.8 Å². The van der Waals surface area contributed by atoms with E-state index in [0.29, 0.717) is 18.5 Å². The van der Waals surface area contributed by atoms with Crippen molar-refractivity contribution in [1.82, 2.24) is 9.80 Å². The smallest absolute Gasteiger partial charge is 0.254 e. The molecule has 2 aliphatic rings. The molecule has 1 unspecified atom stereocenters. The van der Waals surface area contributed by atoms with E-state index in [2.05, 4.69) is 12.1 Å². The summed E-state index contributed by atoms with van der Waals surface area (Å²) in [5.41, 5.74) is 1.87. The molecule has 2 aliphatic heterocycles. The summed E-state index contributed by atoms with van der Waals surface area (Å²) in [6, 6.07) is 19.3. The number of aliphatic hydroxyl groups excluding tert-OH is 1. The Morgan fingerprint density at radius 1 is 0.967 bits per heavy atom. The molecule has 2 amide bonds. The zero-order valence-corrected chi connectivity index (χ0v) is 17.4. The molecule has 5 heteroatoms. The van der Waals surface area contributed by atoms with Crippen molar-refractivity contribution in [1.29, 1.82) is 0 Å². The van der Waals surface area contributed by atoms with E-state index in [1.165, 1.54) is 5.56 Å². The molecule has 2 saturated heterocycles. The number of aryl methyl sites for hydroxylation is 1. The highest BCUT2D eigenvalue weighted by Crippen LogP contribution is 2.43. The van der Waals surface area contributed by atoms with Gasteiger partial charge in [-0.15, -0.1) is 0 Å². The molecule has 30 heavy (non-hydrogen) atoms. The number of nitrogens with zero attached hydrogens (tertiary/aromatic N) is 2. The first-order valence-corrected chi connectivity index (χ1v) is 10.9. The van der Waals surface area contributed by atoms with E-state index in [9.17, 15) is 14.7 Å². The van der Waals surface area contributed by atoms with E-state index in [-0.39, 0.29) is 29.9 Å². The van der Waals surface area contributed by atoms with E-state index in [1.807, 2.05) is 58.3 Å². The zero-order valence-electron chi connectivity index (χ0n) is 17.4. The van der Waals surface area contributed by atoms with Crippen molar-refractivity contribution < 1.29 is 14.7 Å². The number of rotatable bonds is 5. The highest BCUT2D eigenvalue weighted by atomic mass is 16.3. The largest absolute Gasteiger partial charge is 0.394 e. The molecular formula is C25H30N2O3. The van der Waals surface area contributed by atoms with Crippen LogP contribution in [0.3, 0.4) is 0 Å². The quantitative estimate of drug-likeness (QED) is 0.830. The third kappa shape index (κ3) is 4.41. The van der Waals surface area contributed by atoms with Crippen LogP contribution in [-0.4, -0.2) is 59.0 Å². The topological polar surface area (TPSA) is 60.9 Å². The molecule has 0 aliphatic carbocycles. The molecule has 0 bridgehead atoms. The van der Waals surface area contributed by atoms with E-state index in [0.717, 1.165) is 38.8 Å². The van der Waals surface area contributed by atoms with Crippen molar-refractivity contribution in [3.05, 3.63) is 71.8 Å². The second-order valence-electron chi connectivity index (χ2n) is 8.71. The lowest BCUT2D eigenvalue weighted by Crippen LogP contribution is -2.44. The molecule has 1 spiro atoms. The molecule has 1 atom stereocenters. The standard InChI is InChI=1S/C25H30N2O3/c28-18-22-17-25(19-27(22)24(30)21-9-5-2-6-10-21)13-15-26(16-14-25)23(29)12-11-20-7-3-1-4-8-20/h1-10,22,28H,11-19H2. The molecule has 158 valence electrons. The minimum atomic E-state index is -0.141. The second-order valence-corrected chi connectivity index (χ2v) is 8.71. The normalized spacial score (nSPS) is 20.5. The van der Waals surface area contributed by atoms with Gasteiger partial charge in [0, 0.05) is 31.6 Å². The highest BCUT2D eigenvalue weighted by Gasteiger charge is 2.47. The summed E-state index contributed by atoms with van der Waals surface area (Å²) in [5, 5.41) is 9.91. The molecule has 5 nitrogen and oxygen atoms in total. The number of aliphatic hydroxyl groups is 1. The minimum absolute atomic E-state index is 0.00658. The van der Waals surface area contributed by atoms with Crippen molar-refractivity contribution in [2.75, 3.05) is 26.2 Å². The highest BCUT2D eigenvalue weighted by molar-refractivity contribution is 5.94. The van der Waals surface area contributed by atoms with Crippen LogP contribution in [0.5, 0.6) is 0 Å². The van der Waals surface area contributed by atoms with Crippen molar-refractivity contribution in [2.45, 2.75) is 38.1 Å². The van der Waals surface area contributed by atoms with Crippen LogP contribution in [0.15, 0.2) is 60.7 Å². The number of carbonyl (C=O) groups is 2. The maximum Gasteiger partial charge on any atom is 0.254 e. The monoisotopic (exact) mass is 406 g/mol. The molecule has 2 aromatic carbocycles. The number of hydrogen-bond acceptors (Lipinski definition) is 3. The number of piperidine rings is 1. The summed E-state index contributed by atoms with van der Waals surface area (Å²) in [4.78, 5) is 29.5. The fourth-order valence-corrected chi connectivity index (χ4v) is 4.96. The summed E-state index contributed by atoms with van der Waals surface area (Å²) in [7, 11) is 0. The molecule has 2 fully saturated rings. The first-order chi connectivity index (χ1) is 14.6. The van der Waals surface area contributed by atoms with Crippen LogP contribution in [0.25, 0.3) is 0 Å². The lowest BCUT2D eigenvalue weighted by Gasteiger charge is -2.39. The summed E-state index contributed by atoms with van der Waals surface area (Å²) in [6.45, 7) is 2.12. The molecule has 4 rings (SSSR count). The summed E-state index contributed by atoms with van der Waals surface area (Å²) < 4.78 is 0. The summed E-state index contributed by atoms with van der Waals surface area (Å²) >= 11 is 0. The molecular weight excluding hydrogens is 376 g/mol. The Balaban J connectivity index is 1.34. The van der Waals surface area contributed by atoms with Crippen molar-refractivity contribution in [3.8, 4) is 0 Å². The van der Waals surface area contributed by atoms with Crippen molar-refractivity contribution in [2.24, 2.45) is 5.41 Å². The van der Waals surface area contributed by atoms with Crippen LogP contribution in [0.1, 0.15) is 41.6 Å². The van der Waals surface area contributed by atoms with Crippen molar-refractivity contribution in [3.63, 3.8) is 0 Å². The molecule has 2 aromatic rings. The van der Waals surface area contributed by atoms with Gasteiger partial charge < -0.3 is 14.9 Å². The Kier molecular flexibility index (Phi) is 6.18. The Bertz CT molecular complexity index is 860. The van der Waals surface area contributed by atoms with Gasteiger partial charge in [-0.2, -0.15) is 0 Å². The van der Waals surface area contributed by atoms with Gasteiger partial charge in [0.05, 0.1) is 12.6 Å². The number of benzene rings is 2. The Labute approximate surface area is 178 Å². The third-order valence-corrected chi connectivity index (χ3v) is 6.75. The van der Waals surface area contributed by atoms with Crippen LogP contribution in [0.4, 0.5) is 0 Å². The third-order valence-electron chi connectivity index (χ3n) is 6.75. The maximum atomic E-state index is 13.0. The lowest BCUT2D eigenvalue weighted by molar-refractivity contribution is -0.133. The van der Waals surface area contributed by atoms with E-state index in [1.54, 1.807) is 0 Å². The molecule has 0 saturated carbocycles. The van der Waals surface area contributed by atoms with Crippen LogP contribution in [0, 0.1) is 5.41 Å². The lowest BCUT2D eigenvalue weighted by atomic mass is 9.76. The maximum absolute atomic E-state index is 13.0.